The third kappa shape index (κ3) is 8.01. The second-order valence-corrected chi connectivity index (χ2v) is 4.87. The zero-order valence-corrected chi connectivity index (χ0v) is 11.3. The zero-order valence-electron chi connectivity index (χ0n) is 11.3. The van der Waals surface area contributed by atoms with Crippen LogP contribution in [0.2, 0.25) is 0 Å². The molecule has 0 heterocycles. The van der Waals surface area contributed by atoms with Crippen LogP contribution in [0.4, 0.5) is 0 Å². The summed E-state index contributed by atoms with van der Waals surface area (Å²) in [5.74, 6) is 0. The van der Waals surface area contributed by atoms with Crippen molar-refractivity contribution >= 4 is 0 Å². The van der Waals surface area contributed by atoms with E-state index in [4.69, 9.17) is 0 Å². The molecule has 0 bridgehead atoms. The standard InChI is InChI=1S/C17H27/c1-2-3-4-5-6-7-8-9-11-14-17-15-12-10-13-16-17/h6,10,12-13,15-16H,2-5,7-9,11,14H2,1H3. The summed E-state index contributed by atoms with van der Waals surface area (Å²) in [4.78, 5) is 0. The fourth-order valence-corrected chi connectivity index (χ4v) is 2.12. The molecule has 0 aromatic heterocycles. The van der Waals surface area contributed by atoms with Crippen LogP contribution in [-0.2, 0) is 6.42 Å². The molecule has 1 radical (unpaired) electrons. The average Bonchev–Trinajstić information content (AvgIpc) is 2.38. The van der Waals surface area contributed by atoms with Gasteiger partial charge in [-0.15, -0.1) is 0 Å². The van der Waals surface area contributed by atoms with Crippen molar-refractivity contribution in [3.8, 4) is 0 Å². The summed E-state index contributed by atoms with van der Waals surface area (Å²) in [5, 5.41) is 0. The molecule has 0 saturated heterocycles. The van der Waals surface area contributed by atoms with Crippen molar-refractivity contribution in [1.82, 2.24) is 0 Å². The van der Waals surface area contributed by atoms with Gasteiger partial charge in [-0.25, -0.2) is 0 Å². The molecule has 17 heavy (non-hydrogen) atoms. The fourth-order valence-electron chi connectivity index (χ4n) is 2.12. The van der Waals surface area contributed by atoms with Crippen LogP contribution < -0.4 is 0 Å². The van der Waals surface area contributed by atoms with Gasteiger partial charge in [-0.1, -0.05) is 82.2 Å². The molecule has 0 heteroatoms. The third-order valence-corrected chi connectivity index (χ3v) is 3.23. The van der Waals surface area contributed by atoms with Gasteiger partial charge in [-0.05, 0) is 24.8 Å². The molecule has 0 aliphatic carbocycles. The van der Waals surface area contributed by atoms with Crippen molar-refractivity contribution < 1.29 is 0 Å². The molecule has 0 N–H and O–H groups in total. The first-order chi connectivity index (χ1) is 8.43. The Morgan fingerprint density at radius 3 is 2.24 bits per heavy atom. The number of benzene rings is 1. The summed E-state index contributed by atoms with van der Waals surface area (Å²) in [6.45, 7) is 2.27. The number of unbranched alkanes of at least 4 members (excludes halogenated alkanes) is 8. The molecule has 1 rings (SSSR count). The van der Waals surface area contributed by atoms with E-state index >= 15 is 0 Å². The van der Waals surface area contributed by atoms with Crippen LogP contribution in [-0.4, -0.2) is 0 Å². The van der Waals surface area contributed by atoms with E-state index < -0.39 is 0 Å². The Hall–Kier alpha value is -0.780. The molecular formula is C17H27. The van der Waals surface area contributed by atoms with Crippen molar-refractivity contribution in [3.05, 3.63) is 42.3 Å². The summed E-state index contributed by atoms with van der Waals surface area (Å²) in [5.41, 5.74) is 1.49. The average molecular weight is 231 g/mol. The van der Waals surface area contributed by atoms with E-state index in [0.717, 1.165) is 0 Å². The van der Waals surface area contributed by atoms with E-state index in [9.17, 15) is 0 Å². The van der Waals surface area contributed by atoms with Crippen LogP contribution >= 0.6 is 0 Å². The molecule has 0 amide bonds. The molecular weight excluding hydrogens is 204 g/mol. The summed E-state index contributed by atoms with van der Waals surface area (Å²) >= 11 is 0. The summed E-state index contributed by atoms with van der Waals surface area (Å²) in [6, 6.07) is 10.8. The molecule has 0 unspecified atom stereocenters. The minimum atomic E-state index is 1.25. The van der Waals surface area contributed by atoms with Gasteiger partial charge in [0, 0.05) is 0 Å². The number of hydrogen-bond acceptors (Lipinski definition) is 0. The number of hydrogen-bond donors (Lipinski definition) is 0. The van der Waals surface area contributed by atoms with E-state index in [-0.39, 0.29) is 0 Å². The van der Waals surface area contributed by atoms with E-state index in [1.807, 2.05) is 0 Å². The second kappa shape index (κ2) is 10.4. The molecule has 0 aliphatic rings. The molecule has 0 spiro atoms. The second-order valence-electron chi connectivity index (χ2n) is 4.87. The molecule has 1 aromatic rings. The van der Waals surface area contributed by atoms with Crippen LogP contribution in [0.15, 0.2) is 30.3 Å². The summed E-state index contributed by atoms with van der Waals surface area (Å²) in [6.07, 6.45) is 14.6. The van der Waals surface area contributed by atoms with Gasteiger partial charge in [0.2, 0.25) is 0 Å². The monoisotopic (exact) mass is 231 g/mol. The van der Waals surface area contributed by atoms with Gasteiger partial charge in [0.25, 0.3) is 0 Å². The van der Waals surface area contributed by atoms with E-state index in [2.05, 4.69) is 43.7 Å². The Morgan fingerprint density at radius 1 is 0.824 bits per heavy atom. The minimum absolute atomic E-state index is 1.25. The Balaban J connectivity index is 1.85. The van der Waals surface area contributed by atoms with Crippen LogP contribution in [0, 0.1) is 6.42 Å². The molecule has 1 aromatic carbocycles. The largest absolute Gasteiger partial charge is 0.0654 e. The Kier molecular flexibility index (Phi) is 8.72. The van der Waals surface area contributed by atoms with Crippen LogP contribution in [0.3, 0.4) is 0 Å². The quantitative estimate of drug-likeness (QED) is 0.461. The molecule has 0 fully saturated rings. The van der Waals surface area contributed by atoms with Gasteiger partial charge in [-0.2, -0.15) is 0 Å². The van der Waals surface area contributed by atoms with Crippen molar-refractivity contribution in [2.75, 3.05) is 0 Å². The molecule has 95 valence electrons. The predicted molar refractivity (Wildman–Crippen MR) is 77.1 cm³/mol. The molecule has 0 atom stereocenters. The number of rotatable bonds is 10. The van der Waals surface area contributed by atoms with Crippen LogP contribution in [0.25, 0.3) is 0 Å². The van der Waals surface area contributed by atoms with E-state index in [1.54, 1.807) is 0 Å². The van der Waals surface area contributed by atoms with Gasteiger partial charge < -0.3 is 0 Å². The topological polar surface area (TPSA) is 0 Å². The van der Waals surface area contributed by atoms with Gasteiger partial charge >= 0.3 is 0 Å². The summed E-state index contributed by atoms with van der Waals surface area (Å²) in [7, 11) is 0. The van der Waals surface area contributed by atoms with Gasteiger partial charge in [0.1, 0.15) is 0 Å². The van der Waals surface area contributed by atoms with Crippen LogP contribution in [0.1, 0.15) is 63.9 Å². The smallest absolute Gasteiger partial charge is 0.0279 e. The predicted octanol–water partition coefficient (Wildman–Crippen LogP) is 5.57. The zero-order chi connectivity index (χ0) is 12.2. The fraction of sp³-hybridized carbons (Fsp3) is 0.588. The van der Waals surface area contributed by atoms with Crippen molar-refractivity contribution in [2.45, 2.75) is 64.7 Å². The maximum Gasteiger partial charge on any atom is -0.0279 e. The maximum absolute atomic E-state index is 2.48. The van der Waals surface area contributed by atoms with Gasteiger partial charge in [-0.3, -0.25) is 0 Å². The Morgan fingerprint density at radius 2 is 1.53 bits per heavy atom. The van der Waals surface area contributed by atoms with E-state index in [1.165, 1.54) is 63.4 Å². The molecule has 0 aliphatic heterocycles. The minimum Gasteiger partial charge on any atom is -0.0654 e. The lowest BCUT2D eigenvalue weighted by Crippen LogP contribution is -1.86. The van der Waals surface area contributed by atoms with Gasteiger partial charge in [0.05, 0.1) is 0 Å². The Labute approximate surface area is 107 Å². The molecule has 0 nitrogen and oxygen atoms in total. The first-order valence-corrected chi connectivity index (χ1v) is 7.29. The van der Waals surface area contributed by atoms with E-state index in [0.29, 0.717) is 0 Å². The van der Waals surface area contributed by atoms with Gasteiger partial charge in [0.15, 0.2) is 0 Å². The first-order valence-electron chi connectivity index (χ1n) is 7.29. The van der Waals surface area contributed by atoms with Crippen LogP contribution in [0.5, 0.6) is 0 Å². The van der Waals surface area contributed by atoms with Crippen molar-refractivity contribution in [1.29, 1.82) is 0 Å². The van der Waals surface area contributed by atoms with Crippen molar-refractivity contribution in [3.63, 3.8) is 0 Å². The Bertz CT molecular complexity index is 250. The highest BCUT2D eigenvalue weighted by Gasteiger charge is 1.94. The summed E-state index contributed by atoms with van der Waals surface area (Å²) < 4.78 is 0. The highest BCUT2D eigenvalue weighted by molar-refractivity contribution is 5.14. The number of aryl methyl sites for hydroxylation is 1. The highest BCUT2D eigenvalue weighted by atomic mass is 14.0. The maximum atomic E-state index is 2.48. The van der Waals surface area contributed by atoms with Crippen molar-refractivity contribution in [2.24, 2.45) is 0 Å². The SMILES string of the molecule is CCCCC[CH]CCCCCc1ccccc1. The third-order valence-electron chi connectivity index (χ3n) is 3.23. The highest BCUT2D eigenvalue weighted by Crippen LogP contribution is 2.10. The lowest BCUT2D eigenvalue weighted by atomic mass is 10.0. The lowest BCUT2D eigenvalue weighted by Gasteiger charge is -2.02. The normalized spacial score (nSPS) is 10.6. The first kappa shape index (κ1) is 14.3. The molecule has 0 saturated carbocycles. The lowest BCUT2D eigenvalue weighted by molar-refractivity contribution is 0.639.